The van der Waals surface area contributed by atoms with Gasteiger partial charge in [0.05, 0.1) is 0 Å². The molecule has 0 atom stereocenters. The van der Waals surface area contributed by atoms with Gasteiger partial charge in [0.2, 0.25) is 10.0 Å². The van der Waals surface area contributed by atoms with Crippen LogP contribution in [-0.4, -0.2) is 31.3 Å². The number of hydrogen-bond acceptors (Lipinski definition) is 4. The van der Waals surface area contributed by atoms with Crippen molar-refractivity contribution >= 4 is 15.8 Å². The molecule has 0 unspecified atom stereocenters. The van der Waals surface area contributed by atoms with E-state index < -0.39 is 10.0 Å². The maximum atomic E-state index is 12.1. The fourth-order valence-corrected chi connectivity index (χ4v) is 2.86. The van der Waals surface area contributed by atoms with Crippen LogP contribution in [0.25, 0.3) is 0 Å². The van der Waals surface area contributed by atoms with Crippen LogP contribution >= 0.6 is 0 Å². The van der Waals surface area contributed by atoms with E-state index in [9.17, 15) is 8.42 Å². The van der Waals surface area contributed by atoms with Crippen LogP contribution in [-0.2, 0) is 10.0 Å². The zero-order chi connectivity index (χ0) is 11.8. The second kappa shape index (κ2) is 4.03. The molecular weight excluding hydrogens is 226 g/mol. The Hall–Kier alpha value is -1.14. The van der Waals surface area contributed by atoms with Crippen molar-refractivity contribution in [3.63, 3.8) is 0 Å². The molecule has 16 heavy (non-hydrogen) atoms. The highest BCUT2D eigenvalue weighted by Gasteiger charge is 2.30. The van der Waals surface area contributed by atoms with Crippen LogP contribution in [0.4, 0.5) is 5.82 Å². The van der Waals surface area contributed by atoms with Crippen LogP contribution in [0.2, 0.25) is 0 Å². The van der Waals surface area contributed by atoms with E-state index in [1.807, 2.05) is 0 Å². The van der Waals surface area contributed by atoms with E-state index in [1.54, 1.807) is 13.1 Å². The summed E-state index contributed by atoms with van der Waals surface area (Å²) in [5, 5.41) is 0. The van der Waals surface area contributed by atoms with Crippen molar-refractivity contribution in [2.24, 2.45) is 5.92 Å². The number of nitrogens with zero attached hydrogens (tertiary/aromatic N) is 2. The molecule has 5 nitrogen and oxygen atoms in total. The van der Waals surface area contributed by atoms with Gasteiger partial charge in [0, 0.05) is 19.8 Å². The van der Waals surface area contributed by atoms with Gasteiger partial charge in [-0.05, 0) is 30.9 Å². The average molecular weight is 241 g/mol. The minimum absolute atomic E-state index is 0.0603. The lowest BCUT2D eigenvalue weighted by molar-refractivity contribution is 0.453. The highest BCUT2D eigenvalue weighted by atomic mass is 32.2. The van der Waals surface area contributed by atoms with Crippen LogP contribution in [0.1, 0.15) is 12.8 Å². The molecule has 0 aromatic carbocycles. The number of anilines is 1. The average Bonchev–Trinajstić information content (AvgIpc) is 3.02. The van der Waals surface area contributed by atoms with E-state index in [1.165, 1.54) is 16.6 Å². The maximum Gasteiger partial charge on any atom is 0.246 e. The van der Waals surface area contributed by atoms with Crippen molar-refractivity contribution in [3.05, 3.63) is 18.3 Å². The largest absolute Gasteiger partial charge is 0.383 e. The third-order valence-electron chi connectivity index (χ3n) is 2.70. The van der Waals surface area contributed by atoms with Gasteiger partial charge < -0.3 is 5.73 Å². The first-order valence-electron chi connectivity index (χ1n) is 5.18. The fourth-order valence-electron chi connectivity index (χ4n) is 1.55. The third kappa shape index (κ3) is 2.17. The second-order valence-corrected chi connectivity index (χ2v) is 6.13. The molecule has 1 aromatic heterocycles. The van der Waals surface area contributed by atoms with Gasteiger partial charge in [-0.1, -0.05) is 0 Å². The smallest absolute Gasteiger partial charge is 0.246 e. The molecule has 0 saturated heterocycles. The molecule has 1 aromatic rings. The molecular formula is C10H15N3O2S. The molecule has 0 radical (unpaired) electrons. The zero-order valence-corrected chi connectivity index (χ0v) is 9.94. The Labute approximate surface area is 95.3 Å². The lowest BCUT2D eigenvalue weighted by atomic mass is 10.4. The third-order valence-corrected chi connectivity index (χ3v) is 4.57. The van der Waals surface area contributed by atoms with Crippen molar-refractivity contribution in [2.45, 2.75) is 17.7 Å². The van der Waals surface area contributed by atoms with Crippen molar-refractivity contribution in [1.82, 2.24) is 9.29 Å². The van der Waals surface area contributed by atoms with Gasteiger partial charge in [-0.25, -0.2) is 17.7 Å². The molecule has 1 saturated carbocycles. The van der Waals surface area contributed by atoms with E-state index in [-0.39, 0.29) is 10.7 Å². The predicted molar refractivity (Wildman–Crippen MR) is 61.2 cm³/mol. The van der Waals surface area contributed by atoms with Crippen molar-refractivity contribution in [3.8, 4) is 0 Å². The van der Waals surface area contributed by atoms with Gasteiger partial charge in [-0.2, -0.15) is 0 Å². The van der Waals surface area contributed by atoms with Crippen LogP contribution < -0.4 is 5.73 Å². The number of nitrogen functional groups attached to an aromatic ring is 1. The summed E-state index contributed by atoms with van der Waals surface area (Å²) in [6.07, 6.45) is 3.71. The van der Waals surface area contributed by atoms with E-state index in [0.717, 1.165) is 12.8 Å². The van der Waals surface area contributed by atoms with Gasteiger partial charge in [-0.15, -0.1) is 0 Å². The van der Waals surface area contributed by atoms with Crippen molar-refractivity contribution in [2.75, 3.05) is 19.3 Å². The topological polar surface area (TPSA) is 76.3 Å². The normalized spacial score (nSPS) is 16.6. The molecule has 0 amide bonds. The summed E-state index contributed by atoms with van der Waals surface area (Å²) < 4.78 is 25.6. The quantitative estimate of drug-likeness (QED) is 0.841. The predicted octanol–water partition coefficient (Wildman–Crippen LogP) is 0.694. The monoisotopic (exact) mass is 241 g/mol. The number of hydrogen-bond donors (Lipinski definition) is 1. The van der Waals surface area contributed by atoms with Gasteiger partial charge in [0.1, 0.15) is 10.7 Å². The number of sulfonamides is 1. The standard InChI is InChI=1S/C10H15N3O2S/c1-13(7-8-4-5-8)16(14,15)9-3-2-6-12-10(9)11/h2-3,6,8H,4-5,7H2,1H3,(H2,11,12). The first-order chi connectivity index (χ1) is 7.51. The molecule has 1 fully saturated rings. The number of rotatable bonds is 4. The first-order valence-corrected chi connectivity index (χ1v) is 6.62. The van der Waals surface area contributed by atoms with E-state index >= 15 is 0 Å². The van der Waals surface area contributed by atoms with Gasteiger partial charge in [-0.3, -0.25) is 0 Å². The van der Waals surface area contributed by atoms with Crippen LogP contribution in [0.5, 0.6) is 0 Å². The van der Waals surface area contributed by atoms with E-state index in [2.05, 4.69) is 4.98 Å². The summed E-state index contributed by atoms with van der Waals surface area (Å²) >= 11 is 0. The summed E-state index contributed by atoms with van der Waals surface area (Å²) in [7, 11) is -1.90. The summed E-state index contributed by atoms with van der Waals surface area (Å²) in [6, 6.07) is 3.06. The SMILES string of the molecule is CN(CC1CC1)S(=O)(=O)c1cccnc1N. The number of pyridine rings is 1. The summed E-state index contributed by atoms with van der Waals surface area (Å²) in [5.74, 6) is 0.572. The molecule has 2 N–H and O–H groups in total. The Kier molecular flexibility index (Phi) is 2.86. The zero-order valence-electron chi connectivity index (χ0n) is 9.13. The highest BCUT2D eigenvalue weighted by Crippen LogP contribution is 2.31. The van der Waals surface area contributed by atoms with E-state index in [4.69, 9.17) is 5.73 Å². The van der Waals surface area contributed by atoms with Crippen LogP contribution in [0.15, 0.2) is 23.2 Å². The summed E-state index contributed by atoms with van der Waals surface area (Å²) in [6.45, 7) is 0.566. The van der Waals surface area contributed by atoms with Gasteiger partial charge in [0.25, 0.3) is 0 Å². The highest BCUT2D eigenvalue weighted by molar-refractivity contribution is 7.89. The minimum Gasteiger partial charge on any atom is -0.383 e. The fraction of sp³-hybridized carbons (Fsp3) is 0.500. The minimum atomic E-state index is -3.48. The summed E-state index contributed by atoms with van der Waals surface area (Å²) in [4.78, 5) is 3.89. The maximum absolute atomic E-state index is 12.1. The van der Waals surface area contributed by atoms with Crippen LogP contribution in [0, 0.1) is 5.92 Å². The Morgan fingerprint density at radius 2 is 2.25 bits per heavy atom. The van der Waals surface area contributed by atoms with Gasteiger partial charge >= 0.3 is 0 Å². The van der Waals surface area contributed by atoms with Crippen molar-refractivity contribution < 1.29 is 8.42 Å². The van der Waals surface area contributed by atoms with Crippen molar-refractivity contribution in [1.29, 1.82) is 0 Å². The molecule has 2 rings (SSSR count). The molecule has 88 valence electrons. The lowest BCUT2D eigenvalue weighted by Crippen LogP contribution is -2.29. The number of nitrogens with two attached hydrogens (primary N) is 1. The summed E-state index contributed by atoms with van der Waals surface area (Å²) in [5.41, 5.74) is 5.57. The molecule has 0 spiro atoms. The molecule has 1 aliphatic carbocycles. The van der Waals surface area contributed by atoms with E-state index in [0.29, 0.717) is 12.5 Å². The molecule has 1 heterocycles. The first kappa shape index (κ1) is 11.3. The lowest BCUT2D eigenvalue weighted by Gasteiger charge is -2.17. The Bertz CT molecular complexity index is 483. The molecule has 0 aliphatic heterocycles. The molecule has 1 aliphatic rings. The van der Waals surface area contributed by atoms with Gasteiger partial charge in [0.15, 0.2) is 0 Å². The molecule has 0 bridgehead atoms. The van der Waals surface area contributed by atoms with Crippen LogP contribution in [0.3, 0.4) is 0 Å². The second-order valence-electron chi connectivity index (χ2n) is 4.12. The number of aromatic nitrogens is 1. The Morgan fingerprint density at radius 1 is 1.56 bits per heavy atom. The Balaban J connectivity index is 2.27. The molecule has 6 heteroatoms. The Morgan fingerprint density at radius 3 is 2.81 bits per heavy atom.